The predicted molar refractivity (Wildman–Crippen MR) is 113 cm³/mol. The fourth-order valence-corrected chi connectivity index (χ4v) is 2.66. The van der Waals surface area contributed by atoms with Crippen molar-refractivity contribution in [1.82, 2.24) is 16.0 Å². The van der Waals surface area contributed by atoms with E-state index in [2.05, 4.69) is 16.0 Å². The minimum absolute atomic E-state index is 0.0950. The van der Waals surface area contributed by atoms with E-state index in [0.717, 1.165) is 0 Å². The lowest BCUT2D eigenvalue weighted by Gasteiger charge is -2.24. The summed E-state index contributed by atoms with van der Waals surface area (Å²) in [5.41, 5.74) is 6.05. The van der Waals surface area contributed by atoms with Gasteiger partial charge < -0.3 is 42.1 Å². The Balaban J connectivity index is 2.92. The van der Waals surface area contributed by atoms with Gasteiger partial charge in [-0.15, -0.1) is 0 Å². The summed E-state index contributed by atoms with van der Waals surface area (Å²) in [5, 5.41) is 43.6. The Morgan fingerprint density at radius 2 is 1.39 bits per heavy atom. The van der Waals surface area contributed by atoms with Crippen LogP contribution in [0.4, 0.5) is 0 Å². The van der Waals surface area contributed by atoms with Crippen LogP contribution < -0.4 is 21.7 Å². The van der Waals surface area contributed by atoms with Gasteiger partial charge in [-0.25, -0.2) is 4.79 Å². The molecule has 0 aliphatic carbocycles. The second-order valence-corrected chi connectivity index (χ2v) is 7.26. The number of hydrogen-bond donors (Lipinski definition) is 8. The van der Waals surface area contributed by atoms with E-state index in [-0.39, 0.29) is 6.42 Å². The largest absolute Gasteiger partial charge is 0.481 e. The Kier molecular flexibility index (Phi) is 10.9. The molecule has 0 saturated carbocycles. The number of nitrogens with one attached hydrogen (secondary N) is 3. The zero-order valence-electron chi connectivity index (χ0n) is 17.8. The Hall–Kier alpha value is -3.55. The highest BCUT2D eigenvalue weighted by Gasteiger charge is 2.32. The molecule has 182 valence electrons. The molecule has 0 aliphatic heterocycles. The number of nitrogens with two attached hydrogens (primary N) is 1. The van der Waals surface area contributed by atoms with Gasteiger partial charge in [-0.2, -0.15) is 0 Å². The molecule has 0 aromatic heterocycles. The van der Waals surface area contributed by atoms with Crippen molar-refractivity contribution in [3.8, 4) is 0 Å². The monoisotopic (exact) mass is 468 g/mol. The average Bonchev–Trinajstić information content (AvgIpc) is 2.75. The maximum atomic E-state index is 12.6. The molecule has 13 nitrogen and oxygen atoms in total. The van der Waals surface area contributed by atoms with E-state index >= 15 is 0 Å². The van der Waals surface area contributed by atoms with Crippen LogP contribution in [-0.2, 0) is 30.4 Å². The number of aliphatic carboxylic acids is 2. The molecule has 0 saturated heterocycles. The third-order valence-electron chi connectivity index (χ3n) is 4.55. The Labute approximate surface area is 189 Å². The van der Waals surface area contributed by atoms with Crippen molar-refractivity contribution in [2.75, 3.05) is 6.61 Å². The molecular formula is C20H28N4O9. The van der Waals surface area contributed by atoms with Crippen LogP contribution in [0.25, 0.3) is 0 Å². The first-order valence-electron chi connectivity index (χ1n) is 9.90. The van der Waals surface area contributed by atoms with Gasteiger partial charge in [0.05, 0.1) is 19.1 Å². The molecule has 0 bridgehead atoms. The van der Waals surface area contributed by atoms with Crippen LogP contribution in [0.1, 0.15) is 18.9 Å². The molecule has 13 heteroatoms. The van der Waals surface area contributed by atoms with Gasteiger partial charge in [-0.05, 0) is 12.5 Å². The molecule has 5 atom stereocenters. The second kappa shape index (κ2) is 13.1. The molecule has 0 radical (unpaired) electrons. The SMILES string of the molecule is CC(O)C(N)C(=O)NC(CO)C(=O)NC(CC(=O)O)C(=O)NC(Cc1ccccc1)C(=O)O. The molecular weight excluding hydrogens is 440 g/mol. The minimum Gasteiger partial charge on any atom is -0.481 e. The van der Waals surface area contributed by atoms with E-state index in [4.69, 9.17) is 10.8 Å². The summed E-state index contributed by atoms with van der Waals surface area (Å²) in [6.45, 7) is 0.317. The van der Waals surface area contributed by atoms with Gasteiger partial charge in [0.15, 0.2) is 0 Å². The molecule has 0 heterocycles. The van der Waals surface area contributed by atoms with Crippen molar-refractivity contribution in [2.24, 2.45) is 5.73 Å². The van der Waals surface area contributed by atoms with Crippen LogP contribution in [-0.4, -0.2) is 87.0 Å². The molecule has 0 aliphatic rings. The van der Waals surface area contributed by atoms with E-state index in [9.17, 15) is 39.3 Å². The number of amides is 3. The number of aliphatic hydroxyl groups excluding tert-OH is 2. The standard InChI is InChI=1S/C20H28N4O9/c1-10(26)16(21)19(31)24-14(9-25)18(30)22-12(8-15(27)28)17(29)23-13(20(32)33)7-11-5-3-2-4-6-11/h2-6,10,12-14,16,25-26H,7-9,21H2,1H3,(H,22,30)(H,23,29)(H,24,31)(H,27,28)(H,32,33). The zero-order chi connectivity index (χ0) is 25.1. The lowest BCUT2D eigenvalue weighted by atomic mass is 10.0. The van der Waals surface area contributed by atoms with Crippen molar-refractivity contribution >= 4 is 29.7 Å². The summed E-state index contributed by atoms with van der Waals surface area (Å²) in [4.78, 5) is 59.7. The van der Waals surface area contributed by atoms with Crippen LogP contribution in [0.3, 0.4) is 0 Å². The molecule has 1 aromatic carbocycles. The molecule has 1 rings (SSSR count). The highest BCUT2D eigenvalue weighted by atomic mass is 16.4. The highest BCUT2D eigenvalue weighted by molar-refractivity contribution is 5.95. The van der Waals surface area contributed by atoms with Gasteiger partial charge >= 0.3 is 11.9 Å². The predicted octanol–water partition coefficient (Wildman–Crippen LogP) is -3.06. The van der Waals surface area contributed by atoms with E-state index < -0.39 is 73.0 Å². The number of aliphatic hydroxyl groups is 2. The van der Waals surface area contributed by atoms with E-state index in [1.807, 2.05) is 0 Å². The first-order valence-corrected chi connectivity index (χ1v) is 9.90. The number of carbonyl (C=O) groups excluding carboxylic acids is 3. The summed E-state index contributed by atoms with van der Waals surface area (Å²) in [6.07, 6.45) is -2.24. The molecule has 33 heavy (non-hydrogen) atoms. The fourth-order valence-electron chi connectivity index (χ4n) is 2.66. The van der Waals surface area contributed by atoms with Crippen molar-refractivity contribution in [3.05, 3.63) is 35.9 Å². The normalized spacial score (nSPS) is 15.3. The first-order chi connectivity index (χ1) is 15.5. The molecule has 3 amide bonds. The molecule has 9 N–H and O–H groups in total. The maximum Gasteiger partial charge on any atom is 0.326 e. The van der Waals surface area contributed by atoms with Gasteiger partial charge in [0, 0.05) is 6.42 Å². The lowest BCUT2D eigenvalue weighted by molar-refractivity contribution is -0.143. The second-order valence-electron chi connectivity index (χ2n) is 7.26. The number of carbonyl (C=O) groups is 5. The van der Waals surface area contributed by atoms with Gasteiger partial charge in [0.2, 0.25) is 17.7 Å². The molecule has 1 aromatic rings. The fraction of sp³-hybridized carbons (Fsp3) is 0.450. The minimum atomic E-state index is -1.70. The summed E-state index contributed by atoms with van der Waals surface area (Å²) in [5.74, 6) is -6.00. The van der Waals surface area contributed by atoms with Gasteiger partial charge in [0.25, 0.3) is 0 Å². The van der Waals surface area contributed by atoms with Crippen molar-refractivity contribution in [2.45, 2.75) is 50.0 Å². The van der Waals surface area contributed by atoms with Crippen LogP contribution in [0.15, 0.2) is 30.3 Å². The summed E-state index contributed by atoms with van der Waals surface area (Å²) in [6, 6.07) is 2.24. The van der Waals surface area contributed by atoms with Crippen molar-refractivity contribution in [1.29, 1.82) is 0 Å². The van der Waals surface area contributed by atoms with Crippen LogP contribution >= 0.6 is 0 Å². The van der Waals surface area contributed by atoms with E-state index in [0.29, 0.717) is 5.56 Å². The van der Waals surface area contributed by atoms with E-state index in [1.54, 1.807) is 30.3 Å². The van der Waals surface area contributed by atoms with Gasteiger partial charge in [-0.3, -0.25) is 19.2 Å². The van der Waals surface area contributed by atoms with Crippen LogP contribution in [0.2, 0.25) is 0 Å². The average molecular weight is 468 g/mol. The third-order valence-corrected chi connectivity index (χ3v) is 4.55. The highest BCUT2D eigenvalue weighted by Crippen LogP contribution is 2.05. The lowest BCUT2D eigenvalue weighted by Crippen LogP contribution is -2.59. The van der Waals surface area contributed by atoms with Crippen molar-refractivity contribution in [3.63, 3.8) is 0 Å². The van der Waals surface area contributed by atoms with Crippen LogP contribution in [0, 0.1) is 0 Å². The summed E-state index contributed by atoms with van der Waals surface area (Å²) < 4.78 is 0. The topological polar surface area (TPSA) is 228 Å². The number of carboxylic acids is 2. The summed E-state index contributed by atoms with van der Waals surface area (Å²) >= 11 is 0. The molecule has 0 spiro atoms. The number of carboxylic acid groups (broad SMARTS) is 2. The number of hydrogen-bond acceptors (Lipinski definition) is 8. The smallest absolute Gasteiger partial charge is 0.326 e. The Morgan fingerprint density at radius 3 is 1.88 bits per heavy atom. The van der Waals surface area contributed by atoms with Crippen LogP contribution in [0.5, 0.6) is 0 Å². The zero-order valence-corrected chi connectivity index (χ0v) is 17.8. The maximum absolute atomic E-state index is 12.6. The van der Waals surface area contributed by atoms with Gasteiger partial charge in [0.1, 0.15) is 24.2 Å². The Bertz CT molecular complexity index is 847. The summed E-state index contributed by atoms with van der Waals surface area (Å²) in [7, 11) is 0. The quantitative estimate of drug-likeness (QED) is 0.146. The number of rotatable bonds is 13. The number of benzene rings is 1. The first kappa shape index (κ1) is 27.5. The van der Waals surface area contributed by atoms with Gasteiger partial charge in [-0.1, -0.05) is 30.3 Å². The van der Waals surface area contributed by atoms with E-state index in [1.165, 1.54) is 6.92 Å². The Morgan fingerprint density at radius 1 is 0.879 bits per heavy atom. The molecule has 0 fully saturated rings. The third kappa shape index (κ3) is 9.22. The van der Waals surface area contributed by atoms with Crippen molar-refractivity contribution < 1.29 is 44.4 Å². The molecule has 5 unspecified atom stereocenters.